The van der Waals surface area contributed by atoms with Crippen molar-refractivity contribution in [1.29, 1.82) is 0 Å². The van der Waals surface area contributed by atoms with Gasteiger partial charge in [-0.05, 0) is 25.1 Å². The monoisotopic (exact) mass is 233 g/mol. The number of aryl methyl sites for hydroxylation is 1. The van der Waals surface area contributed by atoms with Gasteiger partial charge in [-0.25, -0.2) is 4.79 Å². The third-order valence-corrected chi connectivity index (χ3v) is 2.38. The molecule has 0 saturated carbocycles. The minimum Gasteiger partial charge on any atom is -0.477 e. The van der Waals surface area contributed by atoms with Crippen molar-refractivity contribution in [3.63, 3.8) is 0 Å². The van der Waals surface area contributed by atoms with Gasteiger partial charge in [0.15, 0.2) is 0 Å². The second-order valence-electron chi connectivity index (χ2n) is 3.65. The lowest BCUT2D eigenvalue weighted by Crippen LogP contribution is -2.25. The summed E-state index contributed by atoms with van der Waals surface area (Å²) in [6.07, 6.45) is 0. The number of carbonyl (C=O) groups is 1. The van der Waals surface area contributed by atoms with Crippen LogP contribution in [0.5, 0.6) is 0 Å². The van der Waals surface area contributed by atoms with Gasteiger partial charge in [-0.1, -0.05) is 6.07 Å². The van der Waals surface area contributed by atoms with E-state index in [1.54, 1.807) is 19.1 Å². The average molecular weight is 233 g/mol. The second-order valence-corrected chi connectivity index (χ2v) is 3.65. The maximum atomic E-state index is 11.6. The number of pyridine rings is 1. The molecule has 0 radical (unpaired) electrons. The van der Waals surface area contributed by atoms with E-state index >= 15 is 0 Å². The molecule has 0 aromatic carbocycles. The second kappa shape index (κ2) is 4.29. The molecular formula is C12H11NO4. The fourth-order valence-corrected chi connectivity index (χ4v) is 1.60. The van der Waals surface area contributed by atoms with Gasteiger partial charge >= 0.3 is 5.97 Å². The van der Waals surface area contributed by atoms with Crippen LogP contribution in [0.1, 0.15) is 22.0 Å². The molecule has 2 rings (SSSR count). The molecule has 5 heteroatoms. The molecule has 2 aromatic rings. The molecule has 0 amide bonds. The van der Waals surface area contributed by atoms with Crippen LogP contribution in [-0.2, 0) is 6.54 Å². The number of furan rings is 1. The Morgan fingerprint density at radius 2 is 2.12 bits per heavy atom. The van der Waals surface area contributed by atoms with Crippen LogP contribution in [0.4, 0.5) is 0 Å². The normalized spacial score (nSPS) is 10.4. The minimum absolute atomic E-state index is 0.0495. The molecule has 88 valence electrons. The zero-order valence-corrected chi connectivity index (χ0v) is 9.21. The zero-order valence-electron chi connectivity index (χ0n) is 9.21. The molecule has 2 aromatic heterocycles. The molecule has 0 saturated heterocycles. The summed E-state index contributed by atoms with van der Waals surface area (Å²) >= 11 is 0. The van der Waals surface area contributed by atoms with E-state index < -0.39 is 5.97 Å². The highest BCUT2D eigenvalue weighted by atomic mass is 16.4. The van der Waals surface area contributed by atoms with Crippen molar-refractivity contribution in [3.05, 3.63) is 57.9 Å². The van der Waals surface area contributed by atoms with Crippen molar-refractivity contribution in [2.45, 2.75) is 13.5 Å². The molecule has 0 aliphatic heterocycles. The Balaban J connectivity index is 2.44. The van der Waals surface area contributed by atoms with Crippen LogP contribution in [0.25, 0.3) is 0 Å². The predicted octanol–water partition coefficient (Wildman–Crippen LogP) is 1.50. The maximum absolute atomic E-state index is 11.6. The number of hydrogen-bond donors (Lipinski definition) is 1. The first-order valence-corrected chi connectivity index (χ1v) is 5.06. The minimum atomic E-state index is -1.13. The van der Waals surface area contributed by atoms with Crippen molar-refractivity contribution in [1.82, 2.24) is 4.57 Å². The molecule has 17 heavy (non-hydrogen) atoms. The average Bonchev–Trinajstić information content (AvgIpc) is 2.67. The van der Waals surface area contributed by atoms with E-state index in [0.717, 1.165) is 5.76 Å². The summed E-state index contributed by atoms with van der Waals surface area (Å²) in [6.45, 7) is 1.91. The summed E-state index contributed by atoms with van der Waals surface area (Å²) in [6, 6.07) is 7.63. The van der Waals surface area contributed by atoms with Crippen LogP contribution in [-0.4, -0.2) is 15.6 Å². The Morgan fingerprint density at radius 3 is 2.71 bits per heavy atom. The van der Waals surface area contributed by atoms with Gasteiger partial charge in [0.1, 0.15) is 17.2 Å². The Bertz CT molecular complexity index is 609. The fraction of sp³-hybridized carbons (Fsp3) is 0.167. The first-order valence-electron chi connectivity index (χ1n) is 5.06. The van der Waals surface area contributed by atoms with E-state index in [9.17, 15) is 9.59 Å². The van der Waals surface area contributed by atoms with E-state index in [-0.39, 0.29) is 17.8 Å². The number of aromatic nitrogens is 1. The molecule has 0 unspecified atom stereocenters. The topological polar surface area (TPSA) is 72.4 Å². The number of hydrogen-bond acceptors (Lipinski definition) is 3. The third kappa shape index (κ3) is 2.28. The van der Waals surface area contributed by atoms with E-state index in [2.05, 4.69) is 0 Å². The highest BCUT2D eigenvalue weighted by Crippen LogP contribution is 2.08. The molecular weight excluding hydrogens is 222 g/mol. The number of carboxylic acids is 1. The van der Waals surface area contributed by atoms with Crippen molar-refractivity contribution >= 4 is 5.97 Å². The van der Waals surface area contributed by atoms with Crippen molar-refractivity contribution in [2.24, 2.45) is 0 Å². The lowest BCUT2D eigenvalue weighted by molar-refractivity contribution is 0.0683. The molecule has 0 fully saturated rings. The molecule has 0 aliphatic rings. The summed E-state index contributed by atoms with van der Waals surface area (Å²) in [7, 11) is 0. The lowest BCUT2D eigenvalue weighted by Gasteiger charge is -2.07. The van der Waals surface area contributed by atoms with Gasteiger partial charge in [0, 0.05) is 6.07 Å². The van der Waals surface area contributed by atoms with E-state index in [1.807, 2.05) is 0 Å². The Labute approximate surface area is 96.9 Å². The summed E-state index contributed by atoms with van der Waals surface area (Å²) < 4.78 is 6.49. The summed E-state index contributed by atoms with van der Waals surface area (Å²) in [4.78, 5) is 22.6. The zero-order chi connectivity index (χ0) is 12.4. The van der Waals surface area contributed by atoms with Crippen LogP contribution < -0.4 is 5.56 Å². The standard InChI is InChI=1S/C12H11NO4/c1-8-5-6-9(17-8)7-13-10(12(15)16)3-2-4-11(13)14/h2-6H,7H2,1H3,(H,15,16). The van der Waals surface area contributed by atoms with Crippen LogP contribution in [0.3, 0.4) is 0 Å². The van der Waals surface area contributed by atoms with E-state index in [0.29, 0.717) is 5.76 Å². The van der Waals surface area contributed by atoms with Gasteiger partial charge in [0.2, 0.25) is 0 Å². The first-order chi connectivity index (χ1) is 8.08. The van der Waals surface area contributed by atoms with E-state index in [4.69, 9.17) is 9.52 Å². The molecule has 5 nitrogen and oxygen atoms in total. The smallest absolute Gasteiger partial charge is 0.352 e. The largest absolute Gasteiger partial charge is 0.477 e. The van der Waals surface area contributed by atoms with E-state index in [1.165, 1.54) is 22.8 Å². The highest BCUT2D eigenvalue weighted by molar-refractivity contribution is 5.85. The molecule has 2 heterocycles. The Hall–Kier alpha value is -2.30. The Morgan fingerprint density at radius 1 is 1.35 bits per heavy atom. The van der Waals surface area contributed by atoms with Crippen molar-refractivity contribution < 1.29 is 14.3 Å². The fourth-order valence-electron chi connectivity index (χ4n) is 1.60. The third-order valence-electron chi connectivity index (χ3n) is 2.38. The summed E-state index contributed by atoms with van der Waals surface area (Å²) in [5, 5.41) is 8.98. The van der Waals surface area contributed by atoms with Crippen LogP contribution in [0, 0.1) is 6.92 Å². The summed E-state index contributed by atoms with van der Waals surface area (Å²) in [5.74, 6) is 0.144. The number of aromatic carboxylic acids is 1. The maximum Gasteiger partial charge on any atom is 0.352 e. The van der Waals surface area contributed by atoms with Gasteiger partial charge in [-0.3, -0.25) is 9.36 Å². The van der Waals surface area contributed by atoms with Gasteiger partial charge in [0.25, 0.3) is 5.56 Å². The number of carboxylic acid groups (broad SMARTS) is 1. The first kappa shape index (κ1) is 11.2. The molecule has 1 N–H and O–H groups in total. The number of nitrogens with zero attached hydrogens (tertiary/aromatic N) is 1. The van der Waals surface area contributed by atoms with Gasteiger partial charge in [0.05, 0.1) is 6.54 Å². The quantitative estimate of drug-likeness (QED) is 0.871. The van der Waals surface area contributed by atoms with Crippen molar-refractivity contribution in [2.75, 3.05) is 0 Å². The van der Waals surface area contributed by atoms with Crippen LogP contribution in [0.15, 0.2) is 39.5 Å². The SMILES string of the molecule is Cc1ccc(Cn2c(C(=O)O)cccc2=O)o1. The van der Waals surface area contributed by atoms with Crippen LogP contribution in [0.2, 0.25) is 0 Å². The number of rotatable bonds is 3. The molecule has 0 spiro atoms. The lowest BCUT2D eigenvalue weighted by atomic mass is 10.3. The molecule has 0 aliphatic carbocycles. The van der Waals surface area contributed by atoms with Gasteiger partial charge < -0.3 is 9.52 Å². The highest BCUT2D eigenvalue weighted by Gasteiger charge is 2.11. The molecule has 0 bridgehead atoms. The van der Waals surface area contributed by atoms with Gasteiger partial charge in [-0.2, -0.15) is 0 Å². The summed E-state index contributed by atoms with van der Waals surface area (Å²) in [5.41, 5.74) is -0.412. The van der Waals surface area contributed by atoms with Gasteiger partial charge in [-0.15, -0.1) is 0 Å². The Kier molecular flexibility index (Phi) is 2.82. The predicted molar refractivity (Wildman–Crippen MR) is 60.2 cm³/mol. The van der Waals surface area contributed by atoms with Crippen molar-refractivity contribution in [3.8, 4) is 0 Å². The van der Waals surface area contributed by atoms with Crippen LogP contribution >= 0.6 is 0 Å². The molecule has 0 atom stereocenters.